The smallest absolute Gasteiger partial charge is 0.250 e. The summed E-state index contributed by atoms with van der Waals surface area (Å²) in [6, 6.07) is 20.9. The quantitative estimate of drug-likeness (QED) is 0.737. The van der Waals surface area contributed by atoms with Gasteiger partial charge in [0.25, 0.3) is 5.91 Å². The Balaban J connectivity index is 2.06. The first kappa shape index (κ1) is 16.1. The molecule has 2 N–H and O–H groups in total. The van der Waals surface area contributed by atoms with Crippen LogP contribution in [0, 0.1) is 6.92 Å². The van der Waals surface area contributed by atoms with Gasteiger partial charge in [-0.2, -0.15) is 0 Å². The van der Waals surface area contributed by atoms with Gasteiger partial charge in [-0.15, -0.1) is 0 Å². The van der Waals surface area contributed by atoms with Crippen molar-refractivity contribution in [3.05, 3.63) is 71.9 Å². The molecule has 2 aromatic carbocycles. The molecule has 0 aliphatic carbocycles. The Hall–Kier alpha value is -2.81. The zero-order valence-corrected chi connectivity index (χ0v) is 14.3. The van der Waals surface area contributed by atoms with E-state index >= 15 is 0 Å². The van der Waals surface area contributed by atoms with Crippen molar-refractivity contribution in [2.75, 3.05) is 0 Å². The summed E-state index contributed by atoms with van der Waals surface area (Å²) in [5.74, 6) is -0.381. The topological polar surface area (TPSA) is 48.0 Å². The monoisotopic (exact) mass is 318 g/mol. The number of hydrogen-bond acceptors (Lipinski definition) is 1. The van der Waals surface area contributed by atoms with E-state index < -0.39 is 0 Å². The number of nitrogens with two attached hydrogens (primary N) is 1. The Kier molecular flexibility index (Phi) is 4.26. The van der Waals surface area contributed by atoms with Crippen molar-refractivity contribution in [2.24, 2.45) is 5.73 Å². The molecule has 0 bridgehead atoms. The summed E-state index contributed by atoms with van der Waals surface area (Å²) >= 11 is 0. The Morgan fingerprint density at radius 1 is 0.917 bits per heavy atom. The van der Waals surface area contributed by atoms with Gasteiger partial charge in [-0.05, 0) is 43.5 Å². The highest BCUT2D eigenvalue weighted by molar-refractivity contribution is 5.95. The Morgan fingerprint density at radius 2 is 1.46 bits per heavy atom. The molecule has 0 aliphatic heterocycles. The molecule has 3 heteroatoms. The Labute approximate surface area is 142 Å². The van der Waals surface area contributed by atoms with Crippen molar-refractivity contribution in [1.82, 2.24) is 4.57 Å². The first-order chi connectivity index (χ1) is 11.5. The molecular formula is C21H22N2O. The van der Waals surface area contributed by atoms with Crippen molar-refractivity contribution >= 4 is 5.91 Å². The minimum Gasteiger partial charge on any atom is -0.366 e. The summed E-state index contributed by atoms with van der Waals surface area (Å²) in [7, 11) is 0. The van der Waals surface area contributed by atoms with Gasteiger partial charge < -0.3 is 10.3 Å². The third-order valence-corrected chi connectivity index (χ3v) is 4.36. The molecule has 0 spiro atoms. The number of aromatic nitrogens is 1. The van der Waals surface area contributed by atoms with Crippen molar-refractivity contribution in [3.8, 4) is 22.4 Å². The third kappa shape index (κ3) is 2.85. The van der Waals surface area contributed by atoms with Crippen LogP contribution in [0.1, 0.15) is 35.9 Å². The van der Waals surface area contributed by atoms with Crippen LogP contribution in [0.3, 0.4) is 0 Å². The lowest BCUT2D eigenvalue weighted by molar-refractivity contribution is 0.0999. The summed E-state index contributed by atoms with van der Waals surface area (Å²) in [6.07, 6.45) is 0. The normalized spacial score (nSPS) is 11.0. The molecule has 0 aliphatic rings. The average Bonchev–Trinajstić information content (AvgIpc) is 2.93. The maximum absolute atomic E-state index is 11.7. The van der Waals surface area contributed by atoms with Crippen molar-refractivity contribution < 1.29 is 4.79 Å². The minimum atomic E-state index is -0.381. The van der Waals surface area contributed by atoms with Crippen LogP contribution in [0.5, 0.6) is 0 Å². The number of amides is 1. The molecule has 24 heavy (non-hydrogen) atoms. The molecule has 0 saturated heterocycles. The molecule has 3 nitrogen and oxygen atoms in total. The van der Waals surface area contributed by atoms with Crippen LogP contribution in [0.2, 0.25) is 0 Å². The van der Waals surface area contributed by atoms with E-state index in [1.165, 1.54) is 11.1 Å². The summed E-state index contributed by atoms with van der Waals surface area (Å²) in [5, 5.41) is 0. The highest BCUT2D eigenvalue weighted by atomic mass is 16.1. The van der Waals surface area contributed by atoms with Gasteiger partial charge >= 0.3 is 0 Å². The van der Waals surface area contributed by atoms with E-state index in [1.807, 2.05) is 31.2 Å². The molecule has 0 radical (unpaired) electrons. The zero-order valence-electron chi connectivity index (χ0n) is 14.3. The molecule has 1 aromatic heterocycles. The van der Waals surface area contributed by atoms with Gasteiger partial charge in [-0.25, -0.2) is 0 Å². The van der Waals surface area contributed by atoms with Crippen LogP contribution in [-0.2, 0) is 0 Å². The van der Waals surface area contributed by atoms with Crippen LogP contribution < -0.4 is 5.73 Å². The lowest BCUT2D eigenvalue weighted by Gasteiger charge is -2.16. The van der Waals surface area contributed by atoms with E-state index in [1.54, 1.807) is 0 Å². The van der Waals surface area contributed by atoms with Gasteiger partial charge in [0, 0.05) is 17.4 Å². The van der Waals surface area contributed by atoms with Crippen LogP contribution in [0.15, 0.2) is 60.7 Å². The predicted octanol–water partition coefficient (Wildman–Crippen LogP) is 4.81. The zero-order chi connectivity index (χ0) is 17.3. The van der Waals surface area contributed by atoms with Crippen LogP contribution >= 0.6 is 0 Å². The molecule has 0 atom stereocenters. The fourth-order valence-corrected chi connectivity index (χ4v) is 3.22. The number of benzene rings is 2. The lowest BCUT2D eigenvalue weighted by atomic mass is 10.0. The Morgan fingerprint density at radius 3 is 2.00 bits per heavy atom. The molecule has 122 valence electrons. The van der Waals surface area contributed by atoms with Gasteiger partial charge in [0.15, 0.2) is 0 Å². The van der Waals surface area contributed by atoms with Gasteiger partial charge in [0.1, 0.15) is 0 Å². The highest BCUT2D eigenvalue weighted by Crippen LogP contribution is 2.30. The van der Waals surface area contributed by atoms with Crippen LogP contribution in [-0.4, -0.2) is 10.5 Å². The summed E-state index contributed by atoms with van der Waals surface area (Å²) in [4.78, 5) is 11.7. The Bertz CT molecular complexity index is 859. The van der Waals surface area contributed by atoms with Crippen LogP contribution in [0.25, 0.3) is 22.4 Å². The van der Waals surface area contributed by atoms with Crippen molar-refractivity contribution in [2.45, 2.75) is 26.8 Å². The number of carbonyl (C=O) groups excluding carboxylic acids is 1. The molecule has 3 rings (SSSR count). The molecule has 1 heterocycles. The standard InChI is InChI=1S/C21H22N2O/c1-14(2)23-15(3)19(21(22)24)13-20(23)18-11-9-17(10-12-18)16-7-5-4-6-8-16/h4-14H,1-3H3,(H2,22,24). The van der Waals surface area contributed by atoms with Gasteiger partial charge in [0.2, 0.25) is 0 Å². The SMILES string of the molecule is Cc1c(C(N)=O)cc(-c2ccc(-c3ccccc3)cc2)n1C(C)C. The second-order valence-corrected chi connectivity index (χ2v) is 6.30. The number of primary amides is 1. The average molecular weight is 318 g/mol. The fraction of sp³-hybridized carbons (Fsp3) is 0.190. The van der Waals surface area contributed by atoms with Crippen molar-refractivity contribution in [3.63, 3.8) is 0 Å². The first-order valence-electron chi connectivity index (χ1n) is 8.16. The molecule has 3 aromatic rings. The second kappa shape index (κ2) is 6.36. The molecule has 1 amide bonds. The van der Waals surface area contributed by atoms with E-state index in [0.29, 0.717) is 5.56 Å². The molecule has 0 saturated carbocycles. The first-order valence-corrected chi connectivity index (χ1v) is 8.16. The maximum Gasteiger partial charge on any atom is 0.250 e. The number of hydrogen-bond donors (Lipinski definition) is 1. The summed E-state index contributed by atoms with van der Waals surface area (Å²) in [6.45, 7) is 6.17. The van der Waals surface area contributed by atoms with Crippen molar-refractivity contribution in [1.29, 1.82) is 0 Å². The highest BCUT2D eigenvalue weighted by Gasteiger charge is 2.18. The fourth-order valence-electron chi connectivity index (χ4n) is 3.22. The van der Waals surface area contributed by atoms with Gasteiger partial charge in [-0.1, -0.05) is 54.6 Å². The van der Waals surface area contributed by atoms with E-state index in [4.69, 9.17) is 5.73 Å². The van der Waals surface area contributed by atoms with Gasteiger partial charge in [-0.3, -0.25) is 4.79 Å². The van der Waals surface area contributed by atoms with Crippen LogP contribution in [0.4, 0.5) is 0 Å². The van der Waals surface area contributed by atoms with Gasteiger partial charge in [0.05, 0.1) is 5.56 Å². The minimum absolute atomic E-state index is 0.252. The number of rotatable bonds is 4. The number of nitrogens with zero attached hydrogens (tertiary/aromatic N) is 1. The van der Waals surface area contributed by atoms with E-state index in [2.05, 4.69) is 54.8 Å². The summed E-state index contributed by atoms with van der Waals surface area (Å²) in [5.41, 5.74) is 11.5. The summed E-state index contributed by atoms with van der Waals surface area (Å²) < 4.78 is 2.16. The second-order valence-electron chi connectivity index (χ2n) is 6.30. The molecule has 0 unspecified atom stereocenters. The predicted molar refractivity (Wildman–Crippen MR) is 98.9 cm³/mol. The lowest BCUT2D eigenvalue weighted by Crippen LogP contribution is -2.13. The maximum atomic E-state index is 11.7. The largest absolute Gasteiger partial charge is 0.366 e. The third-order valence-electron chi connectivity index (χ3n) is 4.36. The van der Waals surface area contributed by atoms with E-state index in [0.717, 1.165) is 17.0 Å². The molecule has 0 fully saturated rings. The molecular weight excluding hydrogens is 296 g/mol. The van der Waals surface area contributed by atoms with E-state index in [-0.39, 0.29) is 11.9 Å². The van der Waals surface area contributed by atoms with E-state index in [9.17, 15) is 4.79 Å². The number of carbonyl (C=O) groups is 1.